The molecule has 2 rings (SSSR count). The zero-order valence-electron chi connectivity index (χ0n) is 6.46. The topological polar surface area (TPSA) is 54.8 Å². The summed E-state index contributed by atoms with van der Waals surface area (Å²) >= 11 is 0. The van der Waals surface area contributed by atoms with Crippen molar-refractivity contribution in [1.82, 2.24) is 14.8 Å². The van der Waals surface area contributed by atoms with Gasteiger partial charge in [-0.15, -0.1) is 5.10 Å². The van der Waals surface area contributed by atoms with Crippen LogP contribution in [-0.4, -0.2) is 28.4 Å². The number of hydrogen-bond acceptors (Lipinski definition) is 4. The van der Waals surface area contributed by atoms with Crippen LogP contribution in [0.5, 0.6) is 0 Å². The number of hydrogen-bond donors (Lipinski definition) is 2. The van der Waals surface area contributed by atoms with Crippen LogP contribution < -0.4 is 10.6 Å². The van der Waals surface area contributed by atoms with Crippen molar-refractivity contribution >= 4 is 11.9 Å². The molecule has 0 fully saturated rings. The second kappa shape index (κ2) is 2.41. The summed E-state index contributed by atoms with van der Waals surface area (Å²) in [6.45, 7) is 1.97. The minimum atomic E-state index is 0.689. The Morgan fingerprint density at radius 1 is 1.64 bits per heavy atom. The van der Waals surface area contributed by atoms with Gasteiger partial charge >= 0.3 is 0 Å². The van der Waals surface area contributed by atoms with Gasteiger partial charge in [-0.2, -0.15) is 4.98 Å². The Labute approximate surface area is 64.8 Å². The first-order valence-corrected chi connectivity index (χ1v) is 3.76. The van der Waals surface area contributed by atoms with Crippen molar-refractivity contribution in [2.75, 3.05) is 24.2 Å². The highest BCUT2D eigenvalue weighted by atomic mass is 15.4. The molecule has 0 unspecified atom stereocenters. The van der Waals surface area contributed by atoms with Crippen LogP contribution in [0.1, 0.15) is 6.42 Å². The molecule has 0 radical (unpaired) electrons. The molecule has 60 valence electrons. The van der Waals surface area contributed by atoms with Crippen LogP contribution in [0.15, 0.2) is 0 Å². The molecule has 0 atom stereocenters. The van der Waals surface area contributed by atoms with E-state index in [0.717, 1.165) is 25.5 Å². The van der Waals surface area contributed by atoms with E-state index < -0.39 is 0 Å². The normalized spacial score (nSPS) is 15.4. The lowest BCUT2D eigenvalue weighted by Gasteiger charge is -2.12. The Balaban J connectivity index is 2.32. The van der Waals surface area contributed by atoms with Crippen molar-refractivity contribution < 1.29 is 0 Å². The standard InChI is InChI=1S/C6H11N5/c1-7-5-9-6-8-3-2-4-11(6)10-5/h2-4H2,1H3,(H2,7,8,9,10). The summed E-state index contributed by atoms with van der Waals surface area (Å²) in [6, 6.07) is 0. The third kappa shape index (κ3) is 1.02. The number of rotatable bonds is 1. The quantitative estimate of drug-likeness (QED) is 0.602. The lowest BCUT2D eigenvalue weighted by molar-refractivity contribution is 0.566. The van der Waals surface area contributed by atoms with Gasteiger partial charge in [-0.25, -0.2) is 4.68 Å². The number of anilines is 2. The molecule has 1 aliphatic rings. The highest BCUT2D eigenvalue weighted by Crippen LogP contribution is 2.12. The Morgan fingerprint density at radius 2 is 2.55 bits per heavy atom. The van der Waals surface area contributed by atoms with Crippen molar-refractivity contribution in [3.8, 4) is 0 Å². The molecule has 1 aliphatic heterocycles. The van der Waals surface area contributed by atoms with Gasteiger partial charge in [-0.05, 0) is 6.42 Å². The summed E-state index contributed by atoms with van der Waals surface area (Å²) in [6.07, 6.45) is 1.12. The number of aromatic nitrogens is 3. The minimum Gasteiger partial charge on any atom is -0.356 e. The maximum atomic E-state index is 4.20. The first-order valence-electron chi connectivity index (χ1n) is 3.76. The van der Waals surface area contributed by atoms with Gasteiger partial charge in [0.25, 0.3) is 0 Å². The molecule has 0 saturated carbocycles. The van der Waals surface area contributed by atoms with E-state index in [2.05, 4.69) is 20.7 Å². The molecule has 0 aromatic carbocycles. The second-order valence-corrected chi connectivity index (χ2v) is 2.51. The summed E-state index contributed by atoms with van der Waals surface area (Å²) in [4.78, 5) is 4.20. The lowest BCUT2D eigenvalue weighted by Crippen LogP contribution is -2.17. The summed E-state index contributed by atoms with van der Waals surface area (Å²) in [5.74, 6) is 1.56. The monoisotopic (exact) mass is 153 g/mol. The zero-order valence-corrected chi connectivity index (χ0v) is 6.46. The molecule has 1 aromatic rings. The van der Waals surface area contributed by atoms with E-state index in [9.17, 15) is 0 Å². The van der Waals surface area contributed by atoms with Gasteiger partial charge in [-0.1, -0.05) is 0 Å². The molecule has 0 aliphatic carbocycles. The largest absolute Gasteiger partial charge is 0.356 e. The van der Waals surface area contributed by atoms with E-state index in [1.165, 1.54) is 0 Å². The molecule has 5 heteroatoms. The molecule has 5 nitrogen and oxygen atoms in total. The Hall–Kier alpha value is -1.26. The van der Waals surface area contributed by atoms with E-state index in [1.807, 2.05) is 11.7 Å². The molecular formula is C6H11N5. The number of fused-ring (bicyclic) bond motifs is 1. The van der Waals surface area contributed by atoms with Crippen molar-refractivity contribution in [3.05, 3.63) is 0 Å². The van der Waals surface area contributed by atoms with Gasteiger partial charge in [-0.3, -0.25) is 0 Å². The average molecular weight is 153 g/mol. The maximum absolute atomic E-state index is 4.20. The van der Waals surface area contributed by atoms with Crippen LogP contribution in [0.3, 0.4) is 0 Å². The molecule has 0 spiro atoms. The Bertz CT molecular complexity index is 230. The number of nitrogens with zero attached hydrogens (tertiary/aromatic N) is 3. The van der Waals surface area contributed by atoms with Gasteiger partial charge < -0.3 is 10.6 Å². The van der Waals surface area contributed by atoms with Gasteiger partial charge in [0.2, 0.25) is 11.9 Å². The first kappa shape index (κ1) is 6.45. The average Bonchev–Trinajstić information content (AvgIpc) is 2.46. The molecule has 2 N–H and O–H groups in total. The summed E-state index contributed by atoms with van der Waals surface area (Å²) in [5.41, 5.74) is 0. The third-order valence-corrected chi connectivity index (χ3v) is 1.73. The van der Waals surface area contributed by atoms with Crippen molar-refractivity contribution in [3.63, 3.8) is 0 Å². The molecular weight excluding hydrogens is 142 g/mol. The minimum absolute atomic E-state index is 0.689. The van der Waals surface area contributed by atoms with Crippen LogP contribution >= 0.6 is 0 Å². The van der Waals surface area contributed by atoms with Gasteiger partial charge in [0, 0.05) is 20.1 Å². The fraction of sp³-hybridized carbons (Fsp3) is 0.667. The van der Waals surface area contributed by atoms with Crippen LogP contribution in [0, 0.1) is 0 Å². The van der Waals surface area contributed by atoms with E-state index >= 15 is 0 Å². The van der Waals surface area contributed by atoms with Gasteiger partial charge in [0.15, 0.2) is 0 Å². The lowest BCUT2D eigenvalue weighted by atomic mass is 10.4. The van der Waals surface area contributed by atoms with Gasteiger partial charge in [0.1, 0.15) is 0 Å². The summed E-state index contributed by atoms with van der Waals surface area (Å²) in [7, 11) is 1.82. The molecule has 0 saturated heterocycles. The van der Waals surface area contributed by atoms with Crippen LogP contribution in [0.4, 0.5) is 11.9 Å². The SMILES string of the molecule is CNc1nc2n(n1)CCCN2. The predicted molar refractivity (Wildman–Crippen MR) is 42.7 cm³/mol. The summed E-state index contributed by atoms with van der Waals surface area (Å²) < 4.78 is 1.88. The maximum Gasteiger partial charge on any atom is 0.243 e. The molecule has 0 bridgehead atoms. The van der Waals surface area contributed by atoms with Crippen molar-refractivity contribution in [2.45, 2.75) is 13.0 Å². The second-order valence-electron chi connectivity index (χ2n) is 2.51. The van der Waals surface area contributed by atoms with Crippen LogP contribution in [0.2, 0.25) is 0 Å². The Kier molecular flexibility index (Phi) is 1.41. The highest BCUT2D eigenvalue weighted by Gasteiger charge is 2.11. The van der Waals surface area contributed by atoms with E-state index in [0.29, 0.717) is 5.95 Å². The highest BCUT2D eigenvalue weighted by molar-refractivity contribution is 5.35. The van der Waals surface area contributed by atoms with E-state index in [4.69, 9.17) is 0 Å². The third-order valence-electron chi connectivity index (χ3n) is 1.73. The fourth-order valence-corrected chi connectivity index (χ4v) is 1.16. The van der Waals surface area contributed by atoms with Crippen LogP contribution in [-0.2, 0) is 6.54 Å². The fourth-order valence-electron chi connectivity index (χ4n) is 1.16. The van der Waals surface area contributed by atoms with Crippen LogP contribution in [0.25, 0.3) is 0 Å². The molecule has 2 heterocycles. The summed E-state index contributed by atoms with van der Waals surface area (Å²) in [5, 5.41) is 10.3. The van der Waals surface area contributed by atoms with Crippen molar-refractivity contribution in [2.24, 2.45) is 0 Å². The van der Waals surface area contributed by atoms with Crippen molar-refractivity contribution in [1.29, 1.82) is 0 Å². The Morgan fingerprint density at radius 3 is 3.27 bits per heavy atom. The predicted octanol–water partition coefficient (Wildman–Crippen LogP) is 0.135. The molecule has 11 heavy (non-hydrogen) atoms. The van der Waals surface area contributed by atoms with E-state index in [-0.39, 0.29) is 0 Å². The van der Waals surface area contributed by atoms with Gasteiger partial charge in [0.05, 0.1) is 0 Å². The first-order chi connectivity index (χ1) is 5.40. The smallest absolute Gasteiger partial charge is 0.243 e. The molecule has 1 aromatic heterocycles. The zero-order chi connectivity index (χ0) is 7.68. The van der Waals surface area contributed by atoms with E-state index in [1.54, 1.807) is 0 Å². The number of aryl methyl sites for hydroxylation is 1. The number of nitrogens with one attached hydrogen (secondary N) is 2. The molecule has 0 amide bonds.